The van der Waals surface area contributed by atoms with Crippen molar-refractivity contribution in [3.63, 3.8) is 0 Å². The lowest BCUT2D eigenvalue weighted by molar-refractivity contribution is -0.192. The Kier molecular flexibility index (Phi) is 8.61. The minimum absolute atomic E-state index is 0.239. The minimum atomic E-state index is -5.08. The van der Waals surface area contributed by atoms with Crippen LogP contribution in [-0.4, -0.2) is 57.1 Å². The van der Waals surface area contributed by atoms with E-state index in [2.05, 4.69) is 23.7 Å². The van der Waals surface area contributed by atoms with Gasteiger partial charge in [-0.1, -0.05) is 38.1 Å². The number of aromatic nitrogens is 2. The van der Waals surface area contributed by atoms with Crippen LogP contribution in [0.5, 0.6) is 0 Å². The highest BCUT2D eigenvalue weighted by Crippen LogP contribution is 2.23. The second-order valence-corrected chi connectivity index (χ2v) is 9.45. The van der Waals surface area contributed by atoms with Crippen LogP contribution in [0.25, 0.3) is 11.0 Å². The zero-order valence-corrected chi connectivity index (χ0v) is 21.6. The predicted octanol–water partition coefficient (Wildman–Crippen LogP) is 2.94. The molecule has 0 bridgehead atoms. The number of imide groups is 2. The topological polar surface area (TPSA) is 159 Å². The van der Waals surface area contributed by atoms with Crippen molar-refractivity contribution in [1.29, 1.82) is 0 Å². The molecule has 1 aliphatic rings. The molecule has 14 heteroatoms. The lowest BCUT2D eigenvalue weighted by Gasteiger charge is -2.30. The van der Waals surface area contributed by atoms with Gasteiger partial charge in [-0.15, -0.1) is 0 Å². The van der Waals surface area contributed by atoms with Crippen molar-refractivity contribution in [1.82, 2.24) is 25.5 Å². The van der Waals surface area contributed by atoms with Crippen molar-refractivity contribution in [2.75, 3.05) is 6.54 Å². The van der Waals surface area contributed by atoms with E-state index in [1.54, 1.807) is 12.1 Å². The summed E-state index contributed by atoms with van der Waals surface area (Å²) in [4.78, 5) is 61.7. The van der Waals surface area contributed by atoms with Gasteiger partial charge in [-0.25, -0.2) is 14.6 Å². The van der Waals surface area contributed by atoms with Gasteiger partial charge in [0.05, 0.1) is 11.0 Å². The molecule has 0 saturated carbocycles. The molecule has 0 radical (unpaired) electrons. The summed E-state index contributed by atoms with van der Waals surface area (Å²) >= 11 is 0. The number of carbonyl (C=O) groups is 5. The normalized spacial score (nSPS) is 14.7. The Hall–Kier alpha value is -4.75. The van der Waals surface area contributed by atoms with Gasteiger partial charge in [0.25, 0.3) is 5.91 Å². The zero-order chi connectivity index (χ0) is 29.8. The van der Waals surface area contributed by atoms with Crippen LogP contribution >= 0.6 is 0 Å². The first kappa shape index (κ1) is 29.8. The number of para-hydroxylation sites is 2. The summed E-state index contributed by atoms with van der Waals surface area (Å²) in [5.41, 5.74) is 1.84. The van der Waals surface area contributed by atoms with E-state index in [1.807, 2.05) is 47.0 Å². The molecule has 0 unspecified atom stereocenters. The molecule has 1 saturated heterocycles. The number of alkyl halides is 3. The number of benzene rings is 2. The maximum absolute atomic E-state index is 12.6. The highest BCUT2D eigenvalue weighted by molar-refractivity contribution is 6.19. The molecule has 2 aromatic carbocycles. The lowest BCUT2D eigenvalue weighted by Crippen LogP contribution is -2.64. The van der Waals surface area contributed by atoms with E-state index in [-0.39, 0.29) is 12.5 Å². The summed E-state index contributed by atoms with van der Waals surface area (Å²) in [7, 11) is 0. The van der Waals surface area contributed by atoms with Gasteiger partial charge < -0.3 is 15.0 Å². The minimum Gasteiger partial charge on any atom is -0.475 e. The smallest absolute Gasteiger partial charge is 0.475 e. The number of carbonyl (C=O) groups excluding carboxylic acids is 4. The van der Waals surface area contributed by atoms with E-state index in [1.165, 1.54) is 6.92 Å². The fourth-order valence-corrected chi connectivity index (χ4v) is 3.78. The van der Waals surface area contributed by atoms with Crippen molar-refractivity contribution in [2.24, 2.45) is 5.41 Å². The Labute approximate surface area is 225 Å². The molecule has 0 spiro atoms. The first-order chi connectivity index (χ1) is 18.6. The summed E-state index contributed by atoms with van der Waals surface area (Å²) in [6.45, 7) is 5.96. The zero-order valence-electron chi connectivity index (χ0n) is 21.6. The average Bonchev–Trinajstić information content (AvgIpc) is 3.25. The first-order valence-electron chi connectivity index (χ1n) is 11.9. The van der Waals surface area contributed by atoms with Crippen LogP contribution < -0.4 is 16.0 Å². The number of hydrogen-bond donors (Lipinski definition) is 4. The van der Waals surface area contributed by atoms with Gasteiger partial charge in [-0.05, 0) is 36.8 Å². The Morgan fingerprint density at radius 1 is 1.02 bits per heavy atom. The van der Waals surface area contributed by atoms with Gasteiger partial charge >= 0.3 is 18.2 Å². The predicted molar refractivity (Wildman–Crippen MR) is 135 cm³/mol. The highest BCUT2D eigenvalue weighted by Gasteiger charge is 2.46. The molecule has 5 amide bonds. The number of rotatable bonds is 6. The summed E-state index contributed by atoms with van der Waals surface area (Å²) in [6, 6.07) is 14.3. The molecule has 1 aromatic heterocycles. The number of urea groups is 1. The van der Waals surface area contributed by atoms with E-state index in [0.29, 0.717) is 12.1 Å². The monoisotopic (exact) mass is 561 g/mol. The van der Waals surface area contributed by atoms with E-state index >= 15 is 0 Å². The number of halogens is 3. The van der Waals surface area contributed by atoms with Gasteiger partial charge in [0.1, 0.15) is 11.2 Å². The van der Waals surface area contributed by atoms with Crippen LogP contribution in [0, 0.1) is 5.41 Å². The fraction of sp³-hybridized carbons (Fsp3) is 0.308. The second-order valence-electron chi connectivity index (χ2n) is 9.45. The van der Waals surface area contributed by atoms with Crippen molar-refractivity contribution >= 4 is 40.8 Å². The van der Waals surface area contributed by atoms with Crippen LogP contribution in [0.15, 0.2) is 48.5 Å². The molecule has 212 valence electrons. The quantitative estimate of drug-likeness (QED) is 0.337. The van der Waals surface area contributed by atoms with Crippen LogP contribution in [-0.2, 0) is 20.9 Å². The third kappa shape index (κ3) is 6.62. The third-order valence-corrected chi connectivity index (χ3v) is 6.06. The third-order valence-electron chi connectivity index (χ3n) is 6.06. The number of carboxylic acid groups (broad SMARTS) is 1. The molecule has 4 N–H and O–H groups in total. The molecule has 40 heavy (non-hydrogen) atoms. The summed E-state index contributed by atoms with van der Waals surface area (Å²) in [5, 5.41) is 13.8. The van der Waals surface area contributed by atoms with Gasteiger partial charge in [0, 0.05) is 24.6 Å². The van der Waals surface area contributed by atoms with E-state index in [4.69, 9.17) is 14.9 Å². The number of nitrogens with zero attached hydrogens (tertiary/aromatic N) is 2. The number of barbiturate groups is 1. The van der Waals surface area contributed by atoms with Crippen LogP contribution in [0.1, 0.15) is 48.4 Å². The van der Waals surface area contributed by atoms with Crippen LogP contribution in [0.2, 0.25) is 0 Å². The average molecular weight is 562 g/mol. The van der Waals surface area contributed by atoms with E-state index in [0.717, 1.165) is 22.4 Å². The summed E-state index contributed by atoms with van der Waals surface area (Å²) in [6.07, 6.45) is -5.08. The highest BCUT2D eigenvalue weighted by atomic mass is 19.4. The number of carboxylic acids is 1. The maximum Gasteiger partial charge on any atom is 0.490 e. The van der Waals surface area contributed by atoms with Crippen molar-refractivity contribution < 1.29 is 42.3 Å². The van der Waals surface area contributed by atoms with Gasteiger partial charge in [0.2, 0.25) is 11.8 Å². The molecule has 1 aliphatic heterocycles. The molecular formula is C26H26F3N5O6. The van der Waals surface area contributed by atoms with Gasteiger partial charge in [-0.2, -0.15) is 13.2 Å². The van der Waals surface area contributed by atoms with Crippen molar-refractivity contribution in [3.05, 3.63) is 65.5 Å². The standard InChI is InChI=1S/C24H25N5O4.C2HF3O2/c1-14(2)19-26-17-6-4-5-7-18(17)29(19)12-15-8-10-16(11-9-15)20(30)25-13-24(3)21(31)27-23(33)28-22(24)32;3-2(4,5)1(6)7/h4-11,14H,12-13H2,1-3H3,(H,25,30)(H2,27,28,31,32,33);(H,6,7). The molecule has 0 atom stereocenters. The number of fused-ring (bicyclic) bond motifs is 1. The lowest BCUT2D eigenvalue weighted by atomic mass is 9.86. The molecule has 1 fully saturated rings. The van der Waals surface area contributed by atoms with E-state index in [9.17, 15) is 32.3 Å². The Balaban J connectivity index is 0.000000559. The number of nitrogens with one attached hydrogen (secondary N) is 3. The fourth-order valence-electron chi connectivity index (χ4n) is 3.78. The largest absolute Gasteiger partial charge is 0.490 e. The van der Waals surface area contributed by atoms with Crippen molar-refractivity contribution in [3.8, 4) is 0 Å². The molecule has 2 heterocycles. The van der Waals surface area contributed by atoms with Gasteiger partial charge in [0.15, 0.2) is 0 Å². The Morgan fingerprint density at radius 3 is 2.10 bits per heavy atom. The van der Waals surface area contributed by atoms with Crippen molar-refractivity contribution in [2.45, 2.75) is 39.4 Å². The molecular weight excluding hydrogens is 535 g/mol. The SMILES string of the molecule is CC(C)c1nc2ccccc2n1Cc1ccc(C(=O)NCC2(C)C(=O)NC(=O)NC2=O)cc1.O=C(O)C(F)(F)F. The summed E-state index contributed by atoms with van der Waals surface area (Å²) in [5.74, 6) is -3.42. The maximum atomic E-state index is 12.6. The number of hydrogen-bond acceptors (Lipinski definition) is 6. The summed E-state index contributed by atoms with van der Waals surface area (Å²) < 4.78 is 33.9. The molecule has 0 aliphatic carbocycles. The van der Waals surface area contributed by atoms with Crippen LogP contribution in [0.4, 0.5) is 18.0 Å². The Bertz CT molecular complexity index is 1440. The molecule has 3 aromatic rings. The number of imidazole rings is 1. The first-order valence-corrected chi connectivity index (χ1v) is 11.9. The number of amides is 5. The second kappa shape index (κ2) is 11.6. The van der Waals surface area contributed by atoms with E-state index < -0.39 is 41.3 Å². The molecule has 4 rings (SSSR count). The Morgan fingerprint density at radius 2 is 1.57 bits per heavy atom. The molecule has 11 nitrogen and oxygen atoms in total. The van der Waals surface area contributed by atoms with Gasteiger partial charge in [-0.3, -0.25) is 25.0 Å². The number of aliphatic carboxylic acids is 1. The van der Waals surface area contributed by atoms with Crippen LogP contribution in [0.3, 0.4) is 0 Å².